The molecule has 60 valence electrons. The third kappa shape index (κ3) is 1.61. The number of carbonyl (C=O) groups is 1. The van der Waals surface area contributed by atoms with Crippen molar-refractivity contribution in [2.45, 2.75) is 25.8 Å². The number of amides is 2. The van der Waals surface area contributed by atoms with Crippen LogP contribution in [0, 0.1) is 11.5 Å². The van der Waals surface area contributed by atoms with E-state index in [-0.39, 0.29) is 12.1 Å². The van der Waals surface area contributed by atoms with Crippen LogP contribution in [0.2, 0.25) is 0 Å². The van der Waals surface area contributed by atoms with Gasteiger partial charge in [-0.2, -0.15) is 5.26 Å². The van der Waals surface area contributed by atoms with Crippen molar-refractivity contribution in [3.05, 3.63) is 0 Å². The van der Waals surface area contributed by atoms with E-state index in [0.717, 1.165) is 17.7 Å². The number of hydrogen-bond donors (Lipinski definition) is 1. The lowest BCUT2D eigenvalue weighted by molar-refractivity contribution is 0.232. The minimum absolute atomic E-state index is 0.173. The molecule has 1 atom stereocenters. The average molecular weight is 153 g/mol. The van der Waals surface area contributed by atoms with Crippen molar-refractivity contribution in [3.63, 3.8) is 0 Å². The molecule has 0 aromatic carbocycles. The highest BCUT2D eigenvalue weighted by atomic mass is 16.2. The predicted octanol–water partition coefficient (Wildman–Crippen LogP) is 0.661. The van der Waals surface area contributed by atoms with Gasteiger partial charge in [0.1, 0.15) is 0 Å². The van der Waals surface area contributed by atoms with Crippen LogP contribution in [-0.4, -0.2) is 23.5 Å². The molecule has 0 aliphatic carbocycles. The topological polar surface area (TPSA) is 56.1 Å². The summed E-state index contributed by atoms with van der Waals surface area (Å²) in [6.07, 6.45) is 3.80. The third-order valence-corrected chi connectivity index (χ3v) is 1.73. The van der Waals surface area contributed by atoms with Crippen LogP contribution >= 0.6 is 0 Å². The Labute approximate surface area is 65.8 Å². The Kier molecular flexibility index (Phi) is 2.32. The lowest BCUT2D eigenvalue weighted by Crippen LogP contribution is -2.26. The fourth-order valence-electron chi connectivity index (χ4n) is 1.20. The van der Waals surface area contributed by atoms with Gasteiger partial charge >= 0.3 is 6.03 Å². The van der Waals surface area contributed by atoms with Gasteiger partial charge in [-0.05, 0) is 6.42 Å². The monoisotopic (exact) mass is 153 g/mol. The normalized spacial score (nSPS) is 23.1. The standard InChI is InChI=1S/C7H11N3O/c1-2-3-6-4-10(5-8)7(11)9-6/h6H,2-4H2,1H3,(H,9,11). The summed E-state index contributed by atoms with van der Waals surface area (Å²) in [4.78, 5) is 12.0. The molecular formula is C7H11N3O. The molecule has 1 heterocycles. The number of nitrogens with one attached hydrogen (secondary N) is 1. The molecule has 0 saturated carbocycles. The Hall–Kier alpha value is -1.24. The molecule has 0 radical (unpaired) electrons. The Balaban J connectivity index is 2.44. The summed E-state index contributed by atoms with van der Waals surface area (Å²) >= 11 is 0. The molecule has 0 spiro atoms. The van der Waals surface area contributed by atoms with Crippen LogP contribution in [0.5, 0.6) is 0 Å². The van der Waals surface area contributed by atoms with Gasteiger partial charge in [-0.3, -0.25) is 0 Å². The van der Waals surface area contributed by atoms with E-state index in [1.54, 1.807) is 0 Å². The van der Waals surface area contributed by atoms with Crippen LogP contribution < -0.4 is 5.32 Å². The van der Waals surface area contributed by atoms with Crippen LogP contribution in [0.1, 0.15) is 19.8 Å². The second-order valence-electron chi connectivity index (χ2n) is 2.65. The molecule has 1 aliphatic heterocycles. The van der Waals surface area contributed by atoms with Crippen molar-refractivity contribution in [2.75, 3.05) is 6.54 Å². The Morgan fingerprint density at radius 3 is 3.09 bits per heavy atom. The van der Waals surface area contributed by atoms with Gasteiger partial charge in [0, 0.05) is 6.04 Å². The molecule has 11 heavy (non-hydrogen) atoms. The van der Waals surface area contributed by atoms with E-state index in [0.29, 0.717) is 6.54 Å². The van der Waals surface area contributed by atoms with Crippen molar-refractivity contribution in [1.29, 1.82) is 5.26 Å². The van der Waals surface area contributed by atoms with Crippen LogP contribution in [-0.2, 0) is 0 Å². The zero-order valence-corrected chi connectivity index (χ0v) is 6.50. The highest BCUT2D eigenvalue weighted by Gasteiger charge is 2.27. The van der Waals surface area contributed by atoms with Crippen molar-refractivity contribution in [3.8, 4) is 6.19 Å². The molecule has 4 nitrogen and oxygen atoms in total. The maximum atomic E-state index is 10.9. The lowest BCUT2D eigenvalue weighted by atomic mass is 10.2. The molecule has 0 bridgehead atoms. The van der Waals surface area contributed by atoms with Crippen LogP contribution in [0.4, 0.5) is 4.79 Å². The summed E-state index contributed by atoms with van der Waals surface area (Å²) in [6.45, 7) is 2.59. The third-order valence-electron chi connectivity index (χ3n) is 1.73. The second kappa shape index (κ2) is 3.24. The zero-order chi connectivity index (χ0) is 8.27. The number of urea groups is 1. The molecular weight excluding hydrogens is 142 g/mol. The van der Waals surface area contributed by atoms with Crippen molar-refractivity contribution in [1.82, 2.24) is 10.2 Å². The second-order valence-corrected chi connectivity index (χ2v) is 2.65. The van der Waals surface area contributed by atoms with Gasteiger partial charge in [0.05, 0.1) is 6.54 Å². The molecule has 0 aromatic rings. The van der Waals surface area contributed by atoms with E-state index in [2.05, 4.69) is 12.2 Å². The molecule has 1 rings (SSSR count). The first-order valence-corrected chi connectivity index (χ1v) is 3.75. The zero-order valence-electron chi connectivity index (χ0n) is 6.50. The van der Waals surface area contributed by atoms with Crippen LogP contribution in [0.25, 0.3) is 0 Å². The first-order valence-electron chi connectivity index (χ1n) is 3.75. The van der Waals surface area contributed by atoms with Crippen molar-refractivity contribution in [2.24, 2.45) is 0 Å². The predicted molar refractivity (Wildman–Crippen MR) is 39.5 cm³/mol. The molecule has 1 fully saturated rings. The van der Waals surface area contributed by atoms with E-state index in [1.165, 1.54) is 0 Å². The van der Waals surface area contributed by atoms with E-state index >= 15 is 0 Å². The van der Waals surface area contributed by atoms with Gasteiger partial charge in [0.2, 0.25) is 0 Å². The molecule has 2 amide bonds. The molecule has 1 aliphatic rings. The quantitative estimate of drug-likeness (QED) is 0.592. The van der Waals surface area contributed by atoms with Gasteiger partial charge in [-0.25, -0.2) is 9.69 Å². The minimum atomic E-state index is -0.258. The van der Waals surface area contributed by atoms with Crippen molar-refractivity contribution >= 4 is 6.03 Å². The first-order chi connectivity index (χ1) is 5.27. The fraction of sp³-hybridized carbons (Fsp3) is 0.714. The maximum absolute atomic E-state index is 10.9. The highest BCUT2D eigenvalue weighted by Crippen LogP contribution is 2.06. The summed E-state index contributed by atoms with van der Waals surface area (Å²) in [5.41, 5.74) is 0. The number of nitriles is 1. The SMILES string of the molecule is CCCC1CN(C#N)C(=O)N1. The van der Waals surface area contributed by atoms with Gasteiger partial charge in [-0.1, -0.05) is 13.3 Å². The van der Waals surface area contributed by atoms with Gasteiger partial charge in [0.15, 0.2) is 6.19 Å². The molecule has 1 saturated heterocycles. The summed E-state index contributed by atoms with van der Waals surface area (Å²) < 4.78 is 0. The smallest absolute Gasteiger partial charge is 0.330 e. The van der Waals surface area contributed by atoms with Crippen LogP contribution in [0.3, 0.4) is 0 Å². The van der Waals surface area contributed by atoms with Crippen molar-refractivity contribution < 1.29 is 4.79 Å². The van der Waals surface area contributed by atoms with E-state index in [9.17, 15) is 4.79 Å². The number of rotatable bonds is 2. The lowest BCUT2D eigenvalue weighted by Gasteiger charge is -2.04. The first kappa shape index (κ1) is 7.86. The van der Waals surface area contributed by atoms with Gasteiger partial charge in [-0.15, -0.1) is 0 Å². The van der Waals surface area contributed by atoms with Gasteiger partial charge in [0.25, 0.3) is 0 Å². The molecule has 1 N–H and O–H groups in total. The van der Waals surface area contributed by atoms with E-state index in [4.69, 9.17) is 5.26 Å². The number of carbonyl (C=O) groups excluding carboxylic acids is 1. The van der Waals surface area contributed by atoms with E-state index < -0.39 is 0 Å². The maximum Gasteiger partial charge on any atom is 0.330 e. The largest absolute Gasteiger partial charge is 0.333 e. The molecule has 1 unspecified atom stereocenters. The molecule has 4 heteroatoms. The van der Waals surface area contributed by atoms with Gasteiger partial charge < -0.3 is 5.32 Å². The summed E-state index contributed by atoms with van der Waals surface area (Å²) in [7, 11) is 0. The fourth-order valence-corrected chi connectivity index (χ4v) is 1.20. The highest BCUT2D eigenvalue weighted by molar-refractivity contribution is 5.78. The average Bonchev–Trinajstić information content (AvgIpc) is 2.32. The summed E-state index contributed by atoms with van der Waals surface area (Å²) in [5.74, 6) is 0. The minimum Gasteiger partial charge on any atom is -0.333 e. The Morgan fingerprint density at radius 2 is 2.64 bits per heavy atom. The van der Waals surface area contributed by atoms with Crippen LogP contribution in [0.15, 0.2) is 0 Å². The number of hydrogen-bond acceptors (Lipinski definition) is 2. The number of nitrogens with zero attached hydrogens (tertiary/aromatic N) is 2. The molecule has 0 aromatic heterocycles. The Bertz CT molecular complexity index is 196. The summed E-state index contributed by atoms with van der Waals surface area (Å²) in [6, 6.07) is -0.0851. The summed E-state index contributed by atoms with van der Waals surface area (Å²) in [5, 5.41) is 11.2. The Morgan fingerprint density at radius 1 is 1.91 bits per heavy atom. The van der Waals surface area contributed by atoms with E-state index in [1.807, 2.05) is 6.19 Å².